The summed E-state index contributed by atoms with van der Waals surface area (Å²) in [5.74, 6) is 0.347. The Kier molecular flexibility index (Phi) is 7.84. The fourth-order valence-corrected chi connectivity index (χ4v) is 1.38. The topological polar surface area (TPSA) is 101 Å². The summed E-state index contributed by atoms with van der Waals surface area (Å²) < 4.78 is 11.0. The van der Waals surface area contributed by atoms with Crippen LogP contribution < -0.4 is 16.4 Å². The predicted molar refractivity (Wildman–Crippen MR) is 58.6 cm³/mol. The molecule has 0 fully saturated rings. The van der Waals surface area contributed by atoms with Crippen molar-refractivity contribution in [3.05, 3.63) is 0 Å². The van der Waals surface area contributed by atoms with Crippen molar-refractivity contribution in [2.75, 3.05) is 31.1 Å². The molecule has 2 amide bonds. The molecular formula is C8H17N3O3S. The van der Waals surface area contributed by atoms with Gasteiger partial charge in [-0.1, -0.05) is 6.92 Å². The van der Waals surface area contributed by atoms with E-state index in [1.807, 2.05) is 6.92 Å². The summed E-state index contributed by atoms with van der Waals surface area (Å²) in [4.78, 5) is 21.7. The maximum Gasteiger partial charge on any atom is 0.239 e. The molecule has 0 aliphatic carbocycles. The molecular weight excluding hydrogens is 218 g/mol. The van der Waals surface area contributed by atoms with Crippen molar-refractivity contribution in [3.8, 4) is 0 Å². The van der Waals surface area contributed by atoms with Gasteiger partial charge in [-0.15, -0.1) is 0 Å². The highest BCUT2D eigenvalue weighted by molar-refractivity contribution is 7.84. The molecule has 6 nitrogen and oxygen atoms in total. The second-order valence-corrected chi connectivity index (χ2v) is 4.63. The zero-order chi connectivity index (χ0) is 11.7. The van der Waals surface area contributed by atoms with Crippen molar-refractivity contribution < 1.29 is 13.8 Å². The number of nitrogens with two attached hydrogens (primary N) is 1. The van der Waals surface area contributed by atoms with Gasteiger partial charge in [-0.2, -0.15) is 0 Å². The second kappa shape index (κ2) is 8.37. The highest BCUT2D eigenvalue weighted by atomic mass is 32.2. The van der Waals surface area contributed by atoms with Crippen LogP contribution in [-0.2, 0) is 20.4 Å². The molecule has 0 aliphatic heterocycles. The Morgan fingerprint density at radius 3 is 2.47 bits per heavy atom. The van der Waals surface area contributed by atoms with E-state index < -0.39 is 10.8 Å². The molecule has 0 heterocycles. The van der Waals surface area contributed by atoms with E-state index in [-0.39, 0.29) is 24.9 Å². The van der Waals surface area contributed by atoms with Gasteiger partial charge in [0.05, 0.1) is 13.1 Å². The van der Waals surface area contributed by atoms with Crippen LogP contribution in [-0.4, -0.2) is 47.2 Å². The number of nitrogens with one attached hydrogen (secondary N) is 2. The molecule has 0 bridgehead atoms. The standard InChI is InChI=1S/C8H17N3O3S/c1-2-15(14)4-3-10-8(13)6-11-7(12)5-9/h2-6,9H2,1H3,(H,10,13)(H,11,12). The molecule has 88 valence electrons. The van der Waals surface area contributed by atoms with E-state index in [1.165, 1.54) is 0 Å². The summed E-state index contributed by atoms with van der Waals surface area (Å²) in [6, 6.07) is 0. The summed E-state index contributed by atoms with van der Waals surface area (Å²) in [5.41, 5.74) is 5.03. The van der Waals surface area contributed by atoms with Gasteiger partial charge in [0.2, 0.25) is 11.8 Å². The van der Waals surface area contributed by atoms with E-state index in [0.29, 0.717) is 18.1 Å². The lowest BCUT2D eigenvalue weighted by Crippen LogP contribution is -2.40. The van der Waals surface area contributed by atoms with Gasteiger partial charge in [0.1, 0.15) is 0 Å². The molecule has 0 aromatic rings. The molecule has 0 radical (unpaired) electrons. The van der Waals surface area contributed by atoms with Crippen LogP contribution in [0.2, 0.25) is 0 Å². The normalized spacial score (nSPS) is 11.9. The molecule has 0 saturated carbocycles. The number of hydrogen-bond acceptors (Lipinski definition) is 4. The smallest absolute Gasteiger partial charge is 0.239 e. The Labute approximate surface area is 91.4 Å². The first kappa shape index (κ1) is 14.1. The number of hydrogen-bond donors (Lipinski definition) is 3. The number of amides is 2. The molecule has 1 unspecified atom stereocenters. The third kappa shape index (κ3) is 8.07. The highest BCUT2D eigenvalue weighted by Gasteiger charge is 2.03. The van der Waals surface area contributed by atoms with Gasteiger partial charge in [0.25, 0.3) is 0 Å². The first-order valence-corrected chi connectivity index (χ1v) is 6.17. The van der Waals surface area contributed by atoms with Gasteiger partial charge in [0.15, 0.2) is 0 Å². The van der Waals surface area contributed by atoms with E-state index in [2.05, 4.69) is 10.6 Å². The van der Waals surface area contributed by atoms with Crippen LogP contribution in [0.1, 0.15) is 6.92 Å². The van der Waals surface area contributed by atoms with E-state index in [1.54, 1.807) is 0 Å². The van der Waals surface area contributed by atoms with Crippen LogP contribution in [0.3, 0.4) is 0 Å². The van der Waals surface area contributed by atoms with Crippen LogP contribution in [0.25, 0.3) is 0 Å². The number of rotatable bonds is 7. The largest absolute Gasteiger partial charge is 0.354 e. The molecule has 7 heteroatoms. The Morgan fingerprint density at radius 1 is 1.27 bits per heavy atom. The summed E-state index contributed by atoms with van der Waals surface area (Å²) >= 11 is 0. The van der Waals surface area contributed by atoms with E-state index in [4.69, 9.17) is 5.73 Å². The summed E-state index contributed by atoms with van der Waals surface area (Å²) in [7, 11) is -0.880. The lowest BCUT2D eigenvalue weighted by atomic mass is 10.5. The Hall–Kier alpha value is -0.950. The summed E-state index contributed by atoms with van der Waals surface area (Å²) in [6.45, 7) is 1.96. The van der Waals surface area contributed by atoms with Gasteiger partial charge in [-0.3, -0.25) is 13.8 Å². The number of carbonyl (C=O) groups is 2. The monoisotopic (exact) mass is 235 g/mol. The maximum absolute atomic E-state index is 11.1. The van der Waals surface area contributed by atoms with Crippen LogP contribution >= 0.6 is 0 Å². The first-order chi connectivity index (χ1) is 7.10. The van der Waals surface area contributed by atoms with Crippen LogP contribution in [0.5, 0.6) is 0 Å². The minimum atomic E-state index is -0.880. The molecule has 4 N–H and O–H groups in total. The van der Waals surface area contributed by atoms with Crippen molar-refractivity contribution in [3.63, 3.8) is 0 Å². The van der Waals surface area contributed by atoms with Gasteiger partial charge in [0, 0.05) is 28.9 Å². The average Bonchev–Trinajstić information content (AvgIpc) is 2.25. The van der Waals surface area contributed by atoms with Gasteiger partial charge in [-0.05, 0) is 0 Å². The highest BCUT2D eigenvalue weighted by Crippen LogP contribution is 1.78. The van der Waals surface area contributed by atoms with Gasteiger partial charge < -0.3 is 16.4 Å². The fraction of sp³-hybridized carbons (Fsp3) is 0.750. The third-order valence-corrected chi connectivity index (χ3v) is 2.91. The molecule has 0 aromatic carbocycles. The lowest BCUT2D eigenvalue weighted by molar-refractivity contribution is -0.125. The van der Waals surface area contributed by atoms with Crippen molar-refractivity contribution in [2.45, 2.75) is 6.92 Å². The molecule has 0 aromatic heterocycles. The molecule has 0 rings (SSSR count). The van der Waals surface area contributed by atoms with Gasteiger partial charge >= 0.3 is 0 Å². The average molecular weight is 235 g/mol. The van der Waals surface area contributed by atoms with E-state index in [0.717, 1.165) is 0 Å². The lowest BCUT2D eigenvalue weighted by Gasteiger charge is -2.05. The van der Waals surface area contributed by atoms with Crippen molar-refractivity contribution in [1.29, 1.82) is 0 Å². The molecule has 0 aliphatic rings. The van der Waals surface area contributed by atoms with E-state index in [9.17, 15) is 13.8 Å². The third-order valence-electron chi connectivity index (χ3n) is 1.61. The van der Waals surface area contributed by atoms with Crippen LogP contribution in [0.15, 0.2) is 0 Å². The number of carbonyl (C=O) groups excluding carboxylic acids is 2. The summed E-state index contributed by atoms with van der Waals surface area (Å²) in [6.07, 6.45) is 0. The Morgan fingerprint density at radius 2 is 1.93 bits per heavy atom. The summed E-state index contributed by atoms with van der Waals surface area (Å²) in [5, 5.41) is 4.87. The van der Waals surface area contributed by atoms with Crippen LogP contribution in [0.4, 0.5) is 0 Å². The zero-order valence-electron chi connectivity index (χ0n) is 8.75. The SMILES string of the molecule is CCS(=O)CCNC(=O)CNC(=O)CN. The fourth-order valence-electron chi connectivity index (χ4n) is 0.762. The van der Waals surface area contributed by atoms with E-state index >= 15 is 0 Å². The minimum Gasteiger partial charge on any atom is -0.354 e. The Balaban J connectivity index is 3.49. The Bertz CT molecular complexity index is 245. The van der Waals surface area contributed by atoms with Gasteiger partial charge in [-0.25, -0.2) is 0 Å². The zero-order valence-corrected chi connectivity index (χ0v) is 9.56. The van der Waals surface area contributed by atoms with Crippen LogP contribution in [0, 0.1) is 0 Å². The first-order valence-electron chi connectivity index (χ1n) is 4.68. The maximum atomic E-state index is 11.1. The van der Waals surface area contributed by atoms with Crippen molar-refractivity contribution in [2.24, 2.45) is 5.73 Å². The van der Waals surface area contributed by atoms with Crippen molar-refractivity contribution in [1.82, 2.24) is 10.6 Å². The molecule has 15 heavy (non-hydrogen) atoms. The molecule has 1 atom stereocenters. The second-order valence-electron chi connectivity index (χ2n) is 2.76. The quantitative estimate of drug-likeness (QED) is 0.472. The predicted octanol–water partition coefficient (Wildman–Crippen LogP) is -2.05. The molecule has 0 saturated heterocycles. The minimum absolute atomic E-state index is 0.0885. The van der Waals surface area contributed by atoms with Crippen molar-refractivity contribution >= 4 is 22.6 Å². The molecule has 0 spiro atoms.